The molecule has 0 aliphatic carbocycles. The highest BCUT2D eigenvalue weighted by molar-refractivity contribution is 5.82. The van der Waals surface area contributed by atoms with E-state index in [0.717, 1.165) is 5.57 Å². The van der Waals surface area contributed by atoms with Gasteiger partial charge in [-0.1, -0.05) is 80.2 Å². The molecule has 9 heteroatoms. The topological polar surface area (TPSA) is 132 Å². The van der Waals surface area contributed by atoms with Crippen molar-refractivity contribution in [2.75, 3.05) is 13.2 Å². The molecule has 0 spiro atoms. The summed E-state index contributed by atoms with van der Waals surface area (Å²) < 4.78 is 23.4. The SMILES string of the molecule is CCOC(=O)[C@H](O)CC=CC[C@@H]1O[C@@H]2/C=C/C/C=C/C(C)=C[C@H]3O[C@@H](C/C=C/C=C/C(=O)O[C@H](C2)[C@@]1(C)CO)C[C@H](O)[C@H]3C. The van der Waals surface area contributed by atoms with E-state index in [1.807, 2.05) is 51.2 Å². The first-order valence-electron chi connectivity index (χ1n) is 15.7. The summed E-state index contributed by atoms with van der Waals surface area (Å²) in [6.07, 6.45) is 19.4. The lowest BCUT2D eigenvalue weighted by Crippen LogP contribution is -2.55. The molecule has 0 aromatic carbocycles. The van der Waals surface area contributed by atoms with E-state index in [1.165, 1.54) is 6.08 Å². The van der Waals surface area contributed by atoms with Crippen LogP contribution in [-0.2, 0) is 28.5 Å². The van der Waals surface area contributed by atoms with Gasteiger partial charge in [0.1, 0.15) is 6.10 Å². The summed E-state index contributed by atoms with van der Waals surface area (Å²) in [6, 6.07) is 0. The Balaban J connectivity index is 1.80. The number of ether oxygens (including phenoxy) is 4. The van der Waals surface area contributed by atoms with Crippen LogP contribution in [0.2, 0.25) is 0 Å². The van der Waals surface area contributed by atoms with Crippen LogP contribution < -0.4 is 0 Å². The summed E-state index contributed by atoms with van der Waals surface area (Å²) in [5.41, 5.74) is 0.162. The minimum atomic E-state index is -1.25. The van der Waals surface area contributed by atoms with Crippen LogP contribution in [-0.4, -0.2) is 83.2 Å². The van der Waals surface area contributed by atoms with Crippen molar-refractivity contribution in [1.82, 2.24) is 0 Å². The molecule has 3 heterocycles. The molecule has 0 aromatic heterocycles. The Kier molecular flexibility index (Phi) is 14.3. The Labute approximate surface area is 261 Å². The summed E-state index contributed by atoms with van der Waals surface area (Å²) >= 11 is 0. The van der Waals surface area contributed by atoms with E-state index in [1.54, 1.807) is 31.2 Å². The number of hydrogen-bond acceptors (Lipinski definition) is 9. The van der Waals surface area contributed by atoms with Crippen LogP contribution in [0.1, 0.15) is 66.2 Å². The quantitative estimate of drug-likeness (QED) is 0.281. The van der Waals surface area contributed by atoms with Crippen molar-refractivity contribution in [1.29, 1.82) is 0 Å². The number of aliphatic hydroxyl groups is 3. The zero-order valence-electron chi connectivity index (χ0n) is 26.4. The average Bonchev–Trinajstić information content (AvgIpc) is 2.98. The molecule has 3 aliphatic heterocycles. The second-order valence-corrected chi connectivity index (χ2v) is 12.1. The fourth-order valence-electron chi connectivity index (χ4n) is 5.67. The Morgan fingerprint density at radius 2 is 1.95 bits per heavy atom. The van der Waals surface area contributed by atoms with Crippen LogP contribution in [0.4, 0.5) is 0 Å². The first-order valence-corrected chi connectivity index (χ1v) is 15.7. The van der Waals surface area contributed by atoms with Crippen molar-refractivity contribution in [3.63, 3.8) is 0 Å². The highest BCUT2D eigenvalue weighted by Crippen LogP contribution is 2.41. The highest BCUT2D eigenvalue weighted by Gasteiger charge is 2.49. The summed E-state index contributed by atoms with van der Waals surface area (Å²) in [5.74, 6) is -1.21. The number of rotatable bonds is 7. The molecular weight excluding hydrogens is 564 g/mol. The number of carbonyl (C=O) groups excluding carboxylic acids is 2. The van der Waals surface area contributed by atoms with Gasteiger partial charge in [0.15, 0.2) is 6.10 Å². The molecule has 44 heavy (non-hydrogen) atoms. The van der Waals surface area contributed by atoms with Gasteiger partial charge in [0.05, 0.1) is 49.1 Å². The van der Waals surface area contributed by atoms with Gasteiger partial charge >= 0.3 is 11.9 Å². The largest absolute Gasteiger partial charge is 0.464 e. The van der Waals surface area contributed by atoms with Crippen molar-refractivity contribution in [2.45, 2.75) is 109 Å². The zero-order chi connectivity index (χ0) is 32.1. The second-order valence-electron chi connectivity index (χ2n) is 12.1. The van der Waals surface area contributed by atoms with E-state index in [9.17, 15) is 24.9 Å². The van der Waals surface area contributed by atoms with Gasteiger partial charge in [-0.3, -0.25) is 0 Å². The summed E-state index contributed by atoms with van der Waals surface area (Å²) in [4.78, 5) is 24.6. The maximum absolute atomic E-state index is 12.9. The molecule has 2 fully saturated rings. The Bertz CT molecular complexity index is 1120. The number of aliphatic hydroxyl groups excluding tert-OH is 3. The number of esters is 2. The molecule has 3 rings (SSSR count). The van der Waals surface area contributed by atoms with Crippen LogP contribution >= 0.6 is 0 Å². The molecule has 9 nitrogen and oxygen atoms in total. The van der Waals surface area contributed by atoms with E-state index in [4.69, 9.17) is 18.9 Å². The van der Waals surface area contributed by atoms with Crippen LogP contribution in [0.3, 0.4) is 0 Å². The molecular formula is C35H50O9. The summed E-state index contributed by atoms with van der Waals surface area (Å²) in [7, 11) is 0. The molecule has 2 saturated heterocycles. The van der Waals surface area contributed by atoms with E-state index >= 15 is 0 Å². The van der Waals surface area contributed by atoms with Gasteiger partial charge in [-0.25, -0.2) is 9.59 Å². The first-order chi connectivity index (χ1) is 21.1. The molecule has 0 aromatic rings. The van der Waals surface area contributed by atoms with Crippen molar-refractivity contribution < 1.29 is 43.9 Å². The highest BCUT2D eigenvalue weighted by atomic mass is 16.6. The zero-order valence-corrected chi connectivity index (χ0v) is 26.4. The second kappa shape index (κ2) is 17.6. The summed E-state index contributed by atoms with van der Waals surface area (Å²) in [6.45, 7) is 7.46. The maximum Gasteiger partial charge on any atom is 0.335 e. The van der Waals surface area contributed by atoms with E-state index in [0.29, 0.717) is 32.1 Å². The Morgan fingerprint density at radius 3 is 2.70 bits per heavy atom. The molecule has 4 bridgehead atoms. The predicted molar refractivity (Wildman–Crippen MR) is 167 cm³/mol. The number of carbonyl (C=O) groups is 2. The third-order valence-corrected chi connectivity index (χ3v) is 8.58. The third-order valence-electron chi connectivity index (χ3n) is 8.58. The van der Waals surface area contributed by atoms with Gasteiger partial charge < -0.3 is 34.3 Å². The van der Waals surface area contributed by atoms with E-state index < -0.39 is 41.8 Å². The van der Waals surface area contributed by atoms with Crippen LogP contribution in [0.15, 0.2) is 72.4 Å². The van der Waals surface area contributed by atoms with Crippen molar-refractivity contribution in [3.05, 3.63) is 72.4 Å². The molecule has 0 saturated carbocycles. The molecule has 244 valence electrons. The number of fused-ring (bicyclic) bond motifs is 4. The van der Waals surface area contributed by atoms with E-state index in [2.05, 4.69) is 6.08 Å². The van der Waals surface area contributed by atoms with Gasteiger partial charge in [-0.15, -0.1) is 0 Å². The minimum absolute atomic E-state index is 0.0163. The van der Waals surface area contributed by atoms with Gasteiger partial charge in [-0.05, 0) is 33.1 Å². The van der Waals surface area contributed by atoms with Crippen molar-refractivity contribution >= 4 is 11.9 Å². The molecule has 0 radical (unpaired) electrons. The minimum Gasteiger partial charge on any atom is -0.464 e. The van der Waals surface area contributed by atoms with Gasteiger partial charge in [0, 0.05) is 31.3 Å². The fourth-order valence-corrected chi connectivity index (χ4v) is 5.67. The predicted octanol–water partition coefficient (Wildman–Crippen LogP) is 4.43. The lowest BCUT2D eigenvalue weighted by Gasteiger charge is -2.47. The lowest BCUT2D eigenvalue weighted by molar-refractivity contribution is -0.198. The monoisotopic (exact) mass is 614 g/mol. The van der Waals surface area contributed by atoms with E-state index in [-0.39, 0.29) is 43.9 Å². The first kappa shape index (κ1) is 35.7. The van der Waals surface area contributed by atoms with Crippen LogP contribution in [0, 0.1) is 11.3 Å². The van der Waals surface area contributed by atoms with Crippen molar-refractivity contribution in [3.8, 4) is 0 Å². The average molecular weight is 615 g/mol. The summed E-state index contributed by atoms with van der Waals surface area (Å²) in [5, 5.41) is 31.1. The van der Waals surface area contributed by atoms with Crippen LogP contribution in [0.25, 0.3) is 0 Å². The van der Waals surface area contributed by atoms with Crippen molar-refractivity contribution in [2.24, 2.45) is 11.3 Å². The molecule has 0 unspecified atom stereocenters. The van der Waals surface area contributed by atoms with Gasteiger partial charge in [0.2, 0.25) is 0 Å². The normalized spacial score (nSPS) is 37.2. The third kappa shape index (κ3) is 10.4. The molecule has 3 aliphatic rings. The number of allylic oxidation sites excluding steroid dienone is 6. The van der Waals surface area contributed by atoms with Gasteiger partial charge in [-0.2, -0.15) is 0 Å². The lowest BCUT2D eigenvalue weighted by atomic mass is 9.73. The number of hydrogen-bond donors (Lipinski definition) is 3. The Morgan fingerprint density at radius 1 is 1.16 bits per heavy atom. The standard InChI is InChI=1S/C35H50O9/c1-5-41-34(40)28(37)17-12-13-18-31-35(4,23-36)32-22-27(43-31)16-9-6-8-14-24(2)20-30-25(3)29(38)21-26(42-30)15-10-7-11-19-33(39)44-32/h7-14,16,19-20,25-32,36-38H,5-6,15,17-18,21-23H2,1-4H3/b10-7+,13-12?,14-8+,16-9+,19-11+,24-20?/t25-,26+,27-,28-,29+,30-,31+,32-,35+/m1/s1. The smallest absolute Gasteiger partial charge is 0.335 e. The molecule has 0 amide bonds. The van der Waals surface area contributed by atoms with Gasteiger partial charge in [0.25, 0.3) is 0 Å². The molecule has 3 N–H and O–H groups in total. The molecule has 9 atom stereocenters. The maximum atomic E-state index is 12.9. The Hall–Kier alpha value is -2.82. The fraction of sp³-hybridized carbons (Fsp3) is 0.600. The van der Waals surface area contributed by atoms with Crippen LogP contribution in [0.5, 0.6) is 0 Å².